The predicted octanol–water partition coefficient (Wildman–Crippen LogP) is -3.40. The molecule has 1 amide bonds. The summed E-state index contributed by atoms with van der Waals surface area (Å²) in [6.07, 6.45) is -5.14. The van der Waals surface area contributed by atoms with Gasteiger partial charge >= 0.3 is 5.97 Å². The summed E-state index contributed by atoms with van der Waals surface area (Å²) in [5.74, 6) is -4.03. The van der Waals surface area contributed by atoms with Crippen LogP contribution in [-0.2, 0) is 19.1 Å². The third kappa shape index (κ3) is 4.98. The number of methoxy groups -OCH3 is 1. The van der Waals surface area contributed by atoms with Gasteiger partial charge in [0.15, 0.2) is 0 Å². The number of carbonyl (C=O) groups excluding carboxylic acids is 2. The van der Waals surface area contributed by atoms with Crippen molar-refractivity contribution in [2.75, 3.05) is 13.7 Å². The van der Waals surface area contributed by atoms with Crippen LogP contribution >= 0.6 is 12.4 Å². The van der Waals surface area contributed by atoms with Gasteiger partial charge in [0.1, 0.15) is 18.3 Å². The van der Waals surface area contributed by atoms with Crippen LogP contribution in [0, 0.1) is 0 Å². The summed E-state index contributed by atoms with van der Waals surface area (Å²) in [6, 6.07) is -1.95. The van der Waals surface area contributed by atoms with Crippen molar-refractivity contribution < 1.29 is 39.5 Å². The minimum Gasteiger partial charge on any atom is -0.465 e. The quantitative estimate of drug-likeness (QED) is 0.274. The number of nitrogens with one attached hydrogen (secondary N) is 1. The van der Waals surface area contributed by atoms with Crippen molar-refractivity contribution in [1.82, 2.24) is 5.32 Å². The summed E-state index contributed by atoms with van der Waals surface area (Å²) in [5.41, 5.74) is 5.85. The molecule has 0 bridgehead atoms. The maximum absolute atomic E-state index is 11.6. The van der Waals surface area contributed by atoms with Crippen LogP contribution in [-0.4, -0.2) is 82.2 Å². The molecule has 10 nitrogen and oxygen atoms in total. The molecule has 1 rings (SSSR count). The van der Waals surface area contributed by atoms with E-state index in [0.29, 0.717) is 0 Å². The molecule has 0 aromatic heterocycles. The fourth-order valence-electron chi connectivity index (χ4n) is 2.36. The average Bonchev–Trinajstić information content (AvgIpc) is 2.46. The number of esters is 1. The largest absolute Gasteiger partial charge is 0.465 e. The molecule has 0 unspecified atom stereocenters. The second-order valence-corrected chi connectivity index (χ2v) is 5.19. The zero-order chi connectivity index (χ0) is 17.1. The number of carbonyl (C=O) groups is 2. The first-order chi connectivity index (χ1) is 10.2. The molecule has 11 heteroatoms. The molecule has 0 aliphatic carbocycles. The number of rotatable bonds is 5. The molecule has 0 spiro atoms. The molecular weight excluding hydrogens is 336 g/mol. The Balaban J connectivity index is 0.00000484. The monoisotopic (exact) mass is 358 g/mol. The smallest absolute Gasteiger partial charge is 0.366 e. The molecular formula is C12H23ClN2O8. The number of aliphatic hydroxyl groups is 4. The Morgan fingerprint density at radius 3 is 2.48 bits per heavy atom. The summed E-state index contributed by atoms with van der Waals surface area (Å²) < 4.78 is 9.58. The molecule has 0 aromatic rings. The number of amides is 1. The molecule has 136 valence electrons. The molecule has 7 N–H and O–H groups in total. The second-order valence-electron chi connectivity index (χ2n) is 5.19. The number of aliphatic hydroxyl groups excluding tert-OH is 3. The van der Waals surface area contributed by atoms with E-state index in [1.54, 1.807) is 0 Å². The van der Waals surface area contributed by atoms with E-state index in [-0.39, 0.29) is 18.8 Å². The first-order valence-electron chi connectivity index (χ1n) is 6.64. The van der Waals surface area contributed by atoms with Crippen molar-refractivity contribution in [1.29, 1.82) is 0 Å². The summed E-state index contributed by atoms with van der Waals surface area (Å²) in [4.78, 5) is 22.9. The van der Waals surface area contributed by atoms with Gasteiger partial charge in [-0.05, 0) is 0 Å². The standard InChI is InChI=1S/C12H22N2O8.ClH/c1-5(16)14-8-6(13)3-12(20,11(19)21-2)22-10(8)9(18)7(17)4-15;/h6-10,15,17-18,20H,3-4,13H2,1-2H3,(H,14,16);1H/t6-,7+,8+,9+,10+,12-;/m0./s1. The summed E-state index contributed by atoms with van der Waals surface area (Å²) in [7, 11) is 1.03. The van der Waals surface area contributed by atoms with Crippen LogP contribution in [0.2, 0.25) is 0 Å². The van der Waals surface area contributed by atoms with E-state index in [0.717, 1.165) is 7.11 Å². The number of ether oxygens (including phenoxy) is 2. The fourth-order valence-corrected chi connectivity index (χ4v) is 2.36. The minimum absolute atomic E-state index is 0. The van der Waals surface area contributed by atoms with Crippen molar-refractivity contribution >= 4 is 24.3 Å². The third-order valence-electron chi connectivity index (χ3n) is 3.45. The topological polar surface area (TPSA) is 172 Å². The molecule has 23 heavy (non-hydrogen) atoms. The highest BCUT2D eigenvalue weighted by Crippen LogP contribution is 2.30. The molecule has 1 aliphatic heterocycles. The van der Waals surface area contributed by atoms with E-state index in [1.807, 2.05) is 0 Å². The number of nitrogens with two attached hydrogens (primary N) is 1. The van der Waals surface area contributed by atoms with Crippen LogP contribution in [0.25, 0.3) is 0 Å². The van der Waals surface area contributed by atoms with Gasteiger partial charge in [-0.2, -0.15) is 0 Å². The summed E-state index contributed by atoms with van der Waals surface area (Å²) in [6.45, 7) is 0.416. The number of halogens is 1. The van der Waals surface area contributed by atoms with Gasteiger partial charge in [0.2, 0.25) is 5.91 Å². The van der Waals surface area contributed by atoms with E-state index in [1.165, 1.54) is 6.92 Å². The van der Waals surface area contributed by atoms with Crippen molar-refractivity contribution in [3.63, 3.8) is 0 Å². The van der Waals surface area contributed by atoms with Crippen LogP contribution in [0.4, 0.5) is 0 Å². The van der Waals surface area contributed by atoms with E-state index in [4.69, 9.17) is 15.6 Å². The fraction of sp³-hybridized carbons (Fsp3) is 0.833. The SMILES string of the molecule is COC(=O)[C@]1(O)C[C@H](N)[C@@H](NC(C)=O)[C@H]([C@H](O)[C@H](O)CO)O1.Cl. The molecule has 1 aliphatic rings. The zero-order valence-corrected chi connectivity index (χ0v) is 13.5. The van der Waals surface area contributed by atoms with E-state index in [2.05, 4.69) is 10.1 Å². The van der Waals surface area contributed by atoms with Crippen LogP contribution < -0.4 is 11.1 Å². The highest BCUT2D eigenvalue weighted by molar-refractivity contribution is 5.85. The second kappa shape index (κ2) is 8.73. The normalized spacial score (nSPS) is 33.1. The van der Waals surface area contributed by atoms with Gasteiger partial charge in [0.25, 0.3) is 5.79 Å². The Kier molecular flexibility index (Phi) is 8.35. The number of hydrogen-bond donors (Lipinski definition) is 6. The van der Waals surface area contributed by atoms with Gasteiger partial charge in [-0.3, -0.25) is 4.79 Å². The van der Waals surface area contributed by atoms with Gasteiger partial charge in [0, 0.05) is 19.4 Å². The zero-order valence-electron chi connectivity index (χ0n) is 12.7. The Labute approximate surface area is 139 Å². The Hall–Kier alpha value is -1.01. The van der Waals surface area contributed by atoms with Crippen molar-refractivity contribution in [3.05, 3.63) is 0 Å². The number of hydrogen-bond acceptors (Lipinski definition) is 9. The van der Waals surface area contributed by atoms with Gasteiger partial charge < -0.3 is 41.0 Å². The van der Waals surface area contributed by atoms with Crippen LogP contribution in [0.15, 0.2) is 0 Å². The molecule has 1 saturated heterocycles. The van der Waals surface area contributed by atoms with Gasteiger partial charge in [-0.1, -0.05) is 0 Å². The molecule has 0 saturated carbocycles. The van der Waals surface area contributed by atoms with E-state index >= 15 is 0 Å². The van der Waals surface area contributed by atoms with Crippen molar-refractivity contribution in [3.8, 4) is 0 Å². The third-order valence-corrected chi connectivity index (χ3v) is 3.45. The molecule has 1 heterocycles. The highest BCUT2D eigenvalue weighted by Gasteiger charge is 2.53. The van der Waals surface area contributed by atoms with E-state index < -0.39 is 54.7 Å². The van der Waals surface area contributed by atoms with Crippen LogP contribution in [0.3, 0.4) is 0 Å². The van der Waals surface area contributed by atoms with Gasteiger partial charge in [-0.15, -0.1) is 12.4 Å². The lowest BCUT2D eigenvalue weighted by Gasteiger charge is -2.45. The highest BCUT2D eigenvalue weighted by atomic mass is 35.5. The Morgan fingerprint density at radius 2 is 2.04 bits per heavy atom. The molecule has 1 fully saturated rings. The Morgan fingerprint density at radius 1 is 1.48 bits per heavy atom. The van der Waals surface area contributed by atoms with E-state index in [9.17, 15) is 24.9 Å². The van der Waals surface area contributed by atoms with Crippen molar-refractivity contribution in [2.45, 2.75) is 49.5 Å². The maximum atomic E-state index is 11.6. The van der Waals surface area contributed by atoms with Gasteiger partial charge in [-0.25, -0.2) is 4.79 Å². The molecule has 0 aromatic carbocycles. The van der Waals surface area contributed by atoms with Crippen LogP contribution in [0.1, 0.15) is 13.3 Å². The summed E-state index contributed by atoms with van der Waals surface area (Å²) in [5, 5.41) is 41.1. The van der Waals surface area contributed by atoms with Crippen LogP contribution in [0.5, 0.6) is 0 Å². The van der Waals surface area contributed by atoms with Gasteiger partial charge in [0.05, 0.1) is 19.8 Å². The Bertz CT molecular complexity index is 426. The lowest BCUT2D eigenvalue weighted by atomic mass is 9.87. The first kappa shape index (κ1) is 22.0. The average molecular weight is 359 g/mol. The first-order valence-corrected chi connectivity index (χ1v) is 6.64. The maximum Gasteiger partial charge on any atom is 0.366 e. The summed E-state index contributed by atoms with van der Waals surface area (Å²) >= 11 is 0. The molecule has 6 atom stereocenters. The lowest BCUT2D eigenvalue weighted by molar-refractivity contribution is -0.283. The van der Waals surface area contributed by atoms with Crippen molar-refractivity contribution in [2.24, 2.45) is 5.73 Å². The lowest BCUT2D eigenvalue weighted by Crippen LogP contribution is -2.69. The predicted molar refractivity (Wildman–Crippen MR) is 78.4 cm³/mol. The molecule has 0 radical (unpaired) electrons. The minimum atomic E-state index is -2.43.